The minimum absolute atomic E-state index is 0.0250. The van der Waals surface area contributed by atoms with Crippen LogP contribution < -0.4 is 0 Å². The Morgan fingerprint density at radius 3 is 2.11 bits per heavy atom. The molecule has 2 saturated carbocycles. The molecule has 0 aromatic carbocycles. The predicted octanol–water partition coefficient (Wildman–Crippen LogP) is 1.56. The van der Waals surface area contributed by atoms with E-state index in [2.05, 4.69) is 0 Å². The first-order valence-electron chi connectivity index (χ1n) is 7.10. The van der Waals surface area contributed by atoms with Crippen LogP contribution in [0.3, 0.4) is 0 Å². The third-order valence-corrected chi connectivity index (χ3v) is 4.85. The monoisotopic (exact) mass is 265 g/mol. The van der Waals surface area contributed by atoms with E-state index < -0.39 is 12.0 Å². The largest absolute Gasteiger partial charge is 0.480 e. The first-order chi connectivity index (χ1) is 9.02. The number of hydrogen-bond acceptors (Lipinski definition) is 3. The van der Waals surface area contributed by atoms with Crippen molar-refractivity contribution in [2.75, 3.05) is 0 Å². The molecular formula is C14H19NO4. The second-order valence-corrected chi connectivity index (χ2v) is 6.34. The number of likely N-dealkylation sites (tertiary alicyclic amines) is 1. The summed E-state index contributed by atoms with van der Waals surface area (Å²) < 4.78 is 0. The smallest absolute Gasteiger partial charge is 0.327 e. The van der Waals surface area contributed by atoms with Crippen molar-refractivity contribution in [3.63, 3.8) is 0 Å². The van der Waals surface area contributed by atoms with Crippen LogP contribution in [0.5, 0.6) is 0 Å². The minimum Gasteiger partial charge on any atom is -0.480 e. The van der Waals surface area contributed by atoms with Crippen LogP contribution in [0.15, 0.2) is 0 Å². The number of rotatable bonds is 3. The van der Waals surface area contributed by atoms with Gasteiger partial charge in [0.25, 0.3) is 0 Å². The van der Waals surface area contributed by atoms with E-state index in [0.29, 0.717) is 12.8 Å². The van der Waals surface area contributed by atoms with E-state index in [1.165, 1.54) is 0 Å². The second-order valence-electron chi connectivity index (χ2n) is 6.34. The number of piperidine rings is 1. The number of carboxylic acids is 1. The van der Waals surface area contributed by atoms with Crippen molar-refractivity contribution in [2.45, 2.75) is 57.4 Å². The van der Waals surface area contributed by atoms with E-state index in [1.54, 1.807) is 0 Å². The fraction of sp³-hybridized carbons (Fsp3) is 0.786. The van der Waals surface area contributed by atoms with Gasteiger partial charge >= 0.3 is 5.97 Å². The topological polar surface area (TPSA) is 74.7 Å². The summed E-state index contributed by atoms with van der Waals surface area (Å²) in [5.41, 5.74) is -0.155. The van der Waals surface area contributed by atoms with Gasteiger partial charge in [-0.05, 0) is 37.0 Å². The molecule has 0 radical (unpaired) electrons. The molecule has 3 fully saturated rings. The Morgan fingerprint density at radius 2 is 1.68 bits per heavy atom. The highest BCUT2D eigenvalue weighted by atomic mass is 16.4. The van der Waals surface area contributed by atoms with E-state index in [0.717, 1.165) is 43.4 Å². The minimum atomic E-state index is -1.04. The molecule has 2 aliphatic carbocycles. The number of hydrogen-bond donors (Lipinski definition) is 1. The Labute approximate surface area is 112 Å². The molecule has 0 aromatic heterocycles. The van der Waals surface area contributed by atoms with Crippen molar-refractivity contribution in [2.24, 2.45) is 11.3 Å². The number of carbonyl (C=O) groups excluding carboxylic acids is 2. The molecule has 3 rings (SSSR count). The lowest BCUT2D eigenvalue weighted by Crippen LogP contribution is -2.55. The molecular weight excluding hydrogens is 246 g/mol. The molecule has 1 aliphatic heterocycles. The first kappa shape index (κ1) is 12.6. The maximum absolute atomic E-state index is 12.3. The average molecular weight is 265 g/mol. The number of amides is 2. The molecule has 19 heavy (non-hydrogen) atoms. The Bertz CT molecular complexity index is 415. The van der Waals surface area contributed by atoms with Gasteiger partial charge in [0, 0.05) is 12.8 Å². The third-order valence-electron chi connectivity index (χ3n) is 4.85. The van der Waals surface area contributed by atoms with Gasteiger partial charge in [0.15, 0.2) is 0 Å². The summed E-state index contributed by atoms with van der Waals surface area (Å²) in [6.07, 6.45) is 6.33. The van der Waals surface area contributed by atoms with E-state index >= 15 is 0 Å². The van der Waals surface area contributed by atoms with Gasteiger partial charge in [-0.3, -0.25) is 14.5 Å². The zero-order valence-electron chi connectivity index (χ0n) is 10.9. The van der Waals surface area contributed by atoms with Gasteiger partial charge in [-0.25, -0.2) is 4.79 Å². The Hall–Kier alpha value is -1.39. The van der Waals surface area contributed by atoms with E-state index in [4.69, 9.17) is 0 Å². The van der Waals surface area contributed by atoms with Crippen LogP contribution in [0.2, 0.25) is 0 Å². The lowest BCUT2D eigenvalue weighted by Gasteiger charge is -2.39. The van der Waals surface area contributed by atoms with Gasteiger partial charge in [-0.1, -0.05) is 12.8 Å². The van der Waals surface area contributed by atoms with Gasteiger partial charge in [0.2, 0.25) is 11.8 Å². The van der Waals surface area contributed by atoms with Gasteiger partial charge < -0.3 is 5.11 Å². The predicted molar refractivity (Wildman–Crippen MR) is 66.1 cm³/mol. The average Bonchev–Trinajstić information content (AvgIpc) is 3.06. The molecule has 5 nitrogen and oxygen atoms in total. The second kappa shape index (κ2) is 4.32. The maximum Gasteiger partial charge on any atom is 0.327 e. The highest BCUT2D eigenvalue weighted by Gasteiger charge is 2.51. The SMILES string of the molecule is O=C(O)C(C1CC1)N1C(=O)CC2(CCCC2)CC1=O. The first-order valence-corrected chi connectivity index (χ1v) is 7.10. The van der Waals surface area contributed by atoms with Gasteiger partial charge in [-0.15, -0.1) is 0 Å². The van der Waals surface area contributed by atoms with Crippen molar-refractivity contribution < 1.29 is 19.5 Å². The van der Waals surface area contributed by atoms with Crippen LogP contribution in [0.25, 0.3) is 0 Å². The summed E-state index contributed by atoms with van der Waals surface area (Å²) in [6.45, 7) is 0. The quantitative estimate of drug-likeness (QED) is 0.786. The lowest BCUT2D eigenvalue weighted by molar-refractivity contribution is -0.165. The van der Waals surface area contributed by atoms with E-state index in [9.17, 15) is 19.5 Å². The zero-order chi connectivity index (χ0) is 13.6. The summed E-state index contributed by atoms with van der Waals surface area (Å²) in [6, 6.07) is -0.918. The number of nitrogens with zero attached hydrogens (tertiary/aromatic N) is 1. The Kier molecular flexibility index (Phi) is 2.87. The fourth-order valence-electron chi connectivity index (χ4n) is 3.74. The van der Waals surface area contributed by atoms with Crippen molar-refractivity contribution in [1.29, 1.82) is 0 Å². The van der Waals surface area contributed by atoms with E-state index in [1.807, 2.05) is 0 Å². The molecule has 1 spiro atoms. The fourth-order valence-corrected chi connectivity index (χ4v) is 3.74. The van der Waals surface area contributed by atoms with Gasteiger partial charge in [-0.2, -0.15) is 0 Å². The summed E-state index contributed by atoms with van der Waals surface area (Å²) in [4.78, 5) is 37.0. The normalized spacial score (nSPS) is 27.9. The van der Waals surface area contributed by atoms with Crippen molar-refractivity contribution in [3.05, 3.63) is 0 Å². The summed E-state index contributed by atoms with van der Waals surface area (Å²) in [5.74, 6) is -1.59. The number of carbonyl (C=O) groups is 3. The van der Waals surface area contributed by atoms with Crippen molar-refractivity contribution in [1.82, 2.24) is 4.90 Å². The number of carboxylic acid groups (broad SMARTS) is 1. The van der Waals surface area contributed by atoms with Crippen LogP contribution in [-0.2, 0) is 14.4 Å². The summed E-state index contributed by atoms with van der Waals surface area (Å²) in [7, 11) is 0. The van der Waals surface area contributed by atoms with Crippen LogP contribution in [-0.4, -0.2) is 33.8 Å². The molecule has 1 saturated heterocycles. The number of aliphatic carboxylic acids is 1. The number of imide groups is 1. The molecule has 1 N–H and O–H groups in total. The Balaban J connectivity index is 1.81. The molecule has 1 atom stereocenters. The van der Waals surface area contributed by atoms with Gasteiger partial charge in [0.1, 0.15) is 6.04 Å². The lowest BCUT2D eigenvalue weighted by atomic mass is 9.76. The summed E-state index contributed by atoms with van der Waals surface area (Å²) in [5, 5.41) is 9.28. The highest BCUT2D eigenvalue weighted by Crippen LogP contribution is 2.48. The van der Waals surface area contributed by atoms with Crippen LogP contribution in [0.4, 0.5) is 0 Å². The standard InChI is InChI=1S/C14H19NO4/c16-10-7-14(5-1-2-6-14)8-11(17)15(10)12(13(18)19)9-3-4-9/h9,12H,1-8H2,(H,18,19). The van der Waals surface area contributed by atoms with Crippen molar-refractivity contribution >= 4 is 17.8 Å². The molecule has 3 aliphatic rings. The van der Waals surface area contributed by atoms with Crippen LogP contribution in [0.1, 0.15) is 51.4 Å². The zero-order valence-corrected chi connectivity index (χ0v) is 10.9. The van der Waals surface area contributed by atoms with Crippen LogP contribution in [0, 0.1) is 11.3 Å². The molecule has 104 valence electrons. The molecule has 1 unspecified atom stereocenters. The maximum atomic E-state index is 12.3. The third kappa shape index (κ3) is 2.15. The Morgan fingerprint density at radius 1 is 1.16 bits per heavy atom. The molecule has 1 heterocycles. The van der Waals surface area contributed by atoms with Crippen LogP contribution >= 0.6 is 0 Å². The van der Waals surface area contributed by atoms with Gasteiger partial charge in [0.05, 0.1) is 0 Å². The van der Waals surface area contributed by atoms with Crippen molar-refractivity contribution in [3.8, 4) is 0 Å². The highest BCUT2D eigenvalue weighted by molar-refractivity contribution is 6.02. The summed E-state index contributed by atoms with van der Waals surface area (Å²) >= 11 is 0. The molecule has 0 bridgehead atoms. The van der Waals surface area contributed by atoms with E-state index in [-0.39, 0.29) is 23.1 Å². The molecule has 0 aromatic rings. The molecule has 2 amide bonds. The molecule has 5 heteroatoms.